The lowest BCUT2D eigenvalue weighted by Gasteiger charge is -2.46. The van der Waals surface area contributed by atoms with Crippen molar-refractivity contribution in [2.75, 3.05) is 17.2 Å². The summed E-state index contributed by atoms with van der Waals surface area (Å²) in [6.07, 6.45) is 9.49. The van der Waals surface area contributed by atoms with Crippen molar-refractivity contribution in [1.82, 2.24) is 0 Å². The number of ether oxygens (including phenoxy) is 1. The lowest BCUT2D eigenvalue weighted by atomic mass is 9.65. The van der Waals surface area contributed by atoms with Crippen molar-refractivity contribution in [3.05, 3.63) is 59.7 Å². The molecule has 2 atom stereocenters. The van der Waals surface area contributed by atoms with Crippen LogP contribution in [0.25, 0.3) is 0 Å². The monoisotopic (exact) mass is 418 g/mol. The maximum Gasteiger partial charge on any atom is 0.338 e. The molecule has 4 saturated carbocycles. The quantitative estimate of drug-likeness (QED) is 0.522. The summed E-state index contributed by atoms with van der Waals surface area (Å²) in [5.74, 6) is 2.44. The van der Waals surface area contributed by atoms with E-state index in [0.29, 0.717) is 12.2 Å². The first-order chi connectivity index (χ1) is 15.1. The van der Waals surface area contributed by atoms with Crippen LogP contribution in [0.4, 0.5) is 11.4 Å². The maximum absolute atomic E-state index is 12.4. The normalized spacial score (nSPS) is 28.7. The van der Waals surface area contributed by atoms with E-state index < -0.39 is 0 Å². The lowest BCUT2D eigenvalue weighted by Crippen LogP contribution is -2.45. The van der Waals surface area contributed by atoms with Gasteiger partial charge in [-0.05, 0) is 93.4 Å². The summed E-state index contributed by atoms with van der Waals surface area (Å²) in [7, 11) is 0. The van der Waals surface area contributed by atoms with E-state index in [0.717, 1.165) is 35.7 Å². The number of rotatable bonds is 7. The molecule has 0 aliphatic heterocycles. The zero-order valence-corrected chi connectivity index (χ0v) is 18.5. The molecule has 31 heavy (non-hydrogen) atoms. The number of hydrogen-bond acceptors (Lipinski definition) is 4. The van der Waals surface area contributed by atoms with Crippen LogP contribution in [0.5, 0.6) is 0 Å². The van der Waals surface area contributed by atoms with E-state index >= 15 is 0 Å². The predicted molar refractivity (Wildman–Crippen MR) is 125 cm³/mol. The van der Waals surface area contributed by atoms with Gasteiger partial charge in [-0.1, -0.05) is 30.3 Å². The van der Waals surface area contributed by atoms with E-state index in [1.165, 1.54) is 50.5 Å². The van der Waals surface area contributed by atoms with E-state index in [9.17, 15) is 4.79 Å². The van der Waals surface area contributed by atoms with Gasteiger partial charge < -0.3 is 15.4 Å². The molecule has 0 saturated heterocycles. The van der Waals surface area contributed by atoms with Gasteiger partial charge >= 0.3 is 5.97 Å². The van der Waals surface area contributed by atoms with E-state index in [-0.39, 0.29) is 11.5 Å². The number of benzene rings is 2. The molecule has 4 fully saturated rings. The molecule has 0 radical (unpaired) electrons. The maximum atomic E-state index is 12.4. The highest BCUT2D eigenvalue weighted by molar-refractivity contribution is 5.92. The highest BCUT2D eigenvalue weighted by atomic mass is 16.5. The van der Waals surface area contributed by atoms with Crippen molar-refractivity contribution < 1.29 is 9.53 Å². The van der Waals surface area contributed by atoms with Gasteiger partial charge in [0, 0.05) is 12.1 Å². The summed E-state index contributed by atoms with van der Waals surface area (Å²) < 4.78 is 5.25. The first-order valence-corrected chi connectivity index (χ1v) is 12.0. The van der Waals surface area contributed by atoms with Crippen LogP contribution < -0.4 is 10.6 Å². The Morgan fingerprint density at radius 3 is 2.48 bits per heavy atom. The summed E-state index contributed by atoms with van der Waals surface area (Å²) >= 11 is 0. The summed E-state index contributed by atoms with van der Waals surface area (Å²) in [5.41, 5.74) is 4.13. The third-order valence-corrected chi connectivity index (χ3v) is 7.65. The zero-order valence-electron chi connectivity index (χ0n) is 18.5. The average Bonchev–Trinajstić information content (AvgIpc) is 2.97. The Morgan fingerprint density at radius 1 is 1.00 bits per heavy atom. The van der Waals surface area contributed by atoms with Gasteiger partial charge in [-0.3, -0.25) is 0 Å². The number of carbonyl (C=O) groups excluding carboxylic acids is 1. The van der Waals surface area contributed by atoms with Crippen molar-refractivity contribution >= 4 is 17.3 Å². The van der Waals surface area contributed by atoms with Gasteiger partial charge in [0.05, 0.1) is 23.5 Å². The van der Waals surface area contributed by atoms with Gasteiger partial charge in [0.2, 0.25) is 0 Å². The highest BCUT2D eigenvalue weighted by Gasteiger charge is 2.47. The lowest BCUT2D eigenvalue weighted by molar-refractivity contribution is 0.0526. The molecule has 4 aliphatic rings. The summed E-state index contributed by atoms with van der Waals surface area (Å²) in [5, 5.41) is 7.61. The Bertz CT molecular complexity index is 912. The third-order valence-electron chi connectivity index (χ3n) is 7.65. The Hall–Kier alpha value is -2.49. The highest BCUT2D eigenvalue weighted by Crippen LogP contribution is 2.54. The fraction of sp³-hybridized carbons (Fsp3) is 0.519. The van der Waals surface area contributed by atoms with Gasteiger partial charge in [0.25, 0.3) is 0 Å². The van der Waals surface area contributed by atoms with Crippen LogP contribution in [0, 0.1) is 17.8 Å². The second-order valence-electron chi connectivity index (χ2n) is 9.98. The van der Waals surface area contributed by atoms with Gasteiger partial charge in [-0.15, -0.1) is 0 Å². The molecule has 4 heteroatoms. The van der Waals surface area contributed by atoms with Crippen molar-refractivity contribution in [1.29, 1.82) is 0 Å². The molecule has 164 valence electrons. The molecule has 6 rings (SSSR count). The molecule has 0 amide bonds. The molecule has 0 heterocycles. The van der Waals surface area contributed by atoms with Crippen molar-refractivity contribution in [2.24, 2.45) is 17.8 Å². The molecule has 2 aromatic rings. The standard InChI is InChI=1S/C27H34N2O2/c1-2-31-26(30)23-8-9-24(25(15-23)28-18-19-6-4-3-5-7-19)29-27-11-10-20-12-21(16-27)14-22(13-20)17-27/h3-9,15,20-22,28-29H,2,10-14,16-18H2,1H3. The van der Waals surface area contributed by atoms with Gasteiger partial charge in [-0.25, -0.2) is 4.79 Å². The number of nitrogens with one attached hydrogen (secondary N) is 2. The smallest absolute Gasteiger partial charge is 0.338 e. The Morgan fingerprint density at radius 2 is 1.74 bits per heavy atom. The Kier molecular flexibility index (Phi) is 5.64. The number of anilines is 2. The van der Waals surface area contributed by atoms with Crippen molar-refractivity contribution in [3.8, 4) is 0 Å². The first-order valence-electron chi connectivity index (χ1n) is 12.0. The minimum Gasteiger partial charge on any atom is -0.462 e. The van der Waals surface area contributed by atoms with Gasteiger partial charge in [0.15, 0.2) is 0 Å². The molecule has 4 aliphatic carbocycles. The van der Waals surface area contributed by atoms with Crippen LogP contribution in [0.1, 0.15) is 67.8 Å². The Balaban J connectivity index is 1.42. The van der Waals surface area contributed by atoms with Crippen molar-refractivity contribution in [2.45, 2.75) is 64.0 Å². The van der Waals surface area contributed by atoms with E-state index in [1.807, 2.05) is 25.1 Å². The summed E-state index contributed by atoms with van der Waals surface area (Å²) in [6, 6.07) is 16.3. The average molecular weight is 419 g/mol. The number of fused-ring (bicyclic) bond motifs is 1. The third kappa shape index (κ3) is 4.44. The second-order valence-corrected chi connectivity index (χ2v) is 9.98. The molecular weight excluding hydrogens is 384 g/mol. The fourth-order valence-corrected chi connectivity index (χ4v) is 6.53. The van der Waals surface area contributed by atoms with Gasteiger partial charge in [0.1, 0.15) is 0 Å². The molecule has 2 aromatic carbocycles. The summed E-state index contributed by atoms with van der Waals surface area (Å²) in [4.78, 5) is 12.4. The first kappa shape index (κ1) is 20.4. The van der Waals surface area contributed by atoms with E-state index in [4.69, 9.17) is 4.74 Å². The van der Waals surface area contributed by atoms with Crippen molar-refractivity contribution in [3.63, 3.8) is 0 Å². The summed E-state index contributed by atoms with van der Waals surface area (Å²) in [6.45, 7) is 2.96. The minimum atomic E-state index is -0.261. The Labute approximate surface area is 185 Å². The van der Waals surface area contributed by atoms with Crippen LogP contribution in [0.3, 0.4) is 0 Å². The van der Waals surface area contributed by atoms with Crippen LogP contribution in [-0.4, -0.2) is 18.1 Å². The molecule has 0 aromatic heterocycles. The second kappa shape index (κ2) is 8.57. The van der Waals surface area contributed by atoms with Crippen LogP contribution in [-0.2, 0) is 11.3 Å². The van der Waals surface area contributed by atoms with Gasteiger partial charge in [-0.2, -0.15) is 0 Å². The minimum absolute atomic E-state index is 0.202. The molecular formula is C27H34N2O2. The van der Waals surface area contributed by atoms with E-state index in [1.54, 1.807) is 0 Å². The molecule has 0 spiro atoms. The molecule has 2 N–H and O–H groups in total. The number of hydrogen-bond donors (Lipinski definition) is 2. The fourth-order valence-electron chi connectivity index (χ4n) is 6.53. The topological polar surface area (TPSA) is 50.4 Å². The predicted octanol–water partition coefficient (Wildman–Crippen LogP) is 6.25. The number of esters is 1. The largest absolute Gasteiger partial charge is 0.462 e. The number of carbonyl (C=O) groups is 1. The molecule has 2 unspecified atom stereocenters. The SMILES string of the molecule is CCOC(=O)c1ccc(NC23CCC4CC(CC(C4)C2)C3)c(NCc2ccccc2)c1. The molecule has 4 nitrogen and oxygen atoms in total. The molecule has 4 bridgehead atoms. The van der Waals surface area contributed by atoms with Crippen LogP contribution in [0.2, 0.25) is 0 Å². The zero-order chi connectivity index (χ0) is 21.3. The van der Waals surface area contributed by atoms with Crippen LogP contribution >= 0.6 is 0 Å². The van der Waals surface area contributed by atoms with E-state index in [2.05, 4.69) is 41.0 Å². The van der Waals surface area contributed by atoms with Crippen LogP contribution in [0.15, 0.2) is 48.5 Å².